The summed E-state index contributed by atoms with van der Waals surface area (Å²) in [4.78, 5) is 12.6. The summed E-state index contributed by atoms with van der Waals surface area (Å²) in [5, 5.41) is 7.62. The third kappa shape index (κ3) is 3.51. The number of amides is 1. The van der Waals surface area contributed by atoms with Crippen molar-refractivity contribution in [3.63, 3.8) is 0 Å². The van der Waals surface area contributed by atoms with Gasteiger partial charge in [-0.2, -0.15) is 5.10 Å². The van der Waals surface area contributed by atoms with Crippen LogP contribution in [-0.2, 0) is 0 Å². The van der Waals surface area contributed by atoms with Crippen LogP contribution < -0.4 is 10.1 Å². The van der Waals surface area contributed by atoms with E-state index < -0.39 is 0 Å². The normalized spacial score (nSPS) is 10.6. The molecule has 1 aromatic heterocycles. The van der Waals surface area contributed by atoms with E-state index in [4.69, 9.17) is 16.3 Å². The Morgan fingerprint density at radius 1 is 1.20 bits per heavy atom. The maximum atomic E-state index is 12.6. The smallest absolute Gasteiger partial charge is 0.259 e. The molecule has 3 aromatic rings. The molecule has 0 saturated heterocycles. The van der Waals surface area contributed by atoms with Crippen molar-refractivity contribution >= 4 is 23.2 Å². The van der Waals surface area contributed by atoms with Gasteiger partial charge in [0.25, 0.3) is 5.91 Å². The molecule has 25 heavy (non-hydrogen) atoms. The molecule has 1 N–H and O–H groups in total. The summed E-state index contributed by atoms with van der Waals surface area (Å²) in [6.07, 6.45) is 1.57. The number of aryl methyl sites for hydroxylation is 1. The van der Waals surface area contributed by atoms with Crippen molar-refractivity contribution in [2.45, 2.75) is 13.8 Å². The van der Waals surface area contributed by atoms with E-state index in [0.717, 1.165) is 16.9 Å². The van der Waals surface area contributed by atoms with Gasteiger partial charge in [0.2, 0.25) is 0 Å². The van der Waals surface area contributed by atoms with Crippen LogP contribution in [0.4, 0.5) is 5.69 Å². The van der Waals surface area contributed by atoms with Crippen molar-refractivity contribution < 1.29 is 9.53 Å². The van der Waals surface area contributed by atoms with Gasteiger partial charge in [-0.05, 0) is 49.7 Å². The van der Waals surface area contributed by atoms with Crippen molar-refractivity contribution in [1.82, 2.24) is 9.78 Å². The van der Waals surface area contributed by atoms with Crippen LogP contribution in [0.5, 0.6) is 5.75 Å². The third-order valence-electron chi connectivity index (χ3n) is 3.91. The second kappa shape index (κ2) is 6.99. The predicted molar refractivity (Wildman–Crippen MR) is 99.0 cm³/mol. The van der Waals surface area contributed by atoms with E-state index in [1.54, 1.807) is 36.2 Å². The Bertz CT molecular complexity index is 934. The van der Waals surface area contributed by atoms with Crippen LogP contribution in [0.25, 0.3) is 5.69 Å². The molecule has 2 aromatic carbocycles. The van der Waals surface area contributed by atoms with Gasteiger partial charge in [-0.15, -0.1) is 0 Å². The van der Waals surface area contributed by atoms with E-state index in [1.807, 2.05) is 38.1 Å². The SMILES string of the molecule is COc1ccc(NC(=O)c2cnn(-c3cccc(C)c3)c2C)cc1Cl. The number of anilines is 1. The number of hydrogen-bond acceptors (Lipinski definition) is 3. The van der Waals surface area contributed by atoms with E-state index >= 15 is 0 Å². The molecule has 0 fully saturated rings. The monoisotopic (exact) mass is 355 g/mol. The van der Waals surface area contributed by atoms with Crippen LogP contribution in [0, 0.1) is 13.8 Å². The lowest BCUT2D eigenvalue weighted by molar-refractivity contribution is 0.102. The van der Waals surface area contributed by atoms with Crippen molar-refractivity contribution in [3.8, 4) is 11.4 Å². The van der Waals surface area contributed by atoms with Crippen LogP contribution in [0.15, 0.2) is 48.7 Å². The summed E-state index contributed by atoms with van der Waals surface area (Å²) in [5.41, 5.74) is 3.92. The molecule has 0 aliphatic heterocycles. The van der Waals surface area contributed by atoms with Gasteiger partial charge in [0.1, 0.15) is 5.75 Å². The fraction of sp³-hybridized carbons (Fsp3) is 0.158. The number of halogens is 1. The number of ether oxygens (including phenoxy) is 1. The zero-order chi connectivity index (χ0) is 18.0. The zero-order valence-electron chi connectivity index (χ0n) is 14.2. The van der Waals surface area contributed by atoms with Gasteiger partial charge < -0.3 is 10.1 Å². The number of benzene rings is 2. The highest BCUT2D eigenvalue weighted by Gasteiger charge is 2.16. The molecular weight excluding hydrogens is 338 g/mol. The molecule has 1 amide bonds. The number of nitrogens with one attached hydrogen (secondary N) is 1. The molecule has 0 atom stereocenters. The average Bonchev–Trinajstić information content (AvgIpc) is 2.96. The van der Waals surface area contributed by atoms with E-state index in [2.05, 4.69) is 10.4 Å². The lowest BCUT2D eigenvalue weighted by atomic mass is 10.2. The highest BCUT2D eigenvalue weighted by Crippen LogP contribution is 2.27. The molecule has 0 aliphatic rings. The van der Waals surface area contributed by atoms with Gasteiger partial charge in [-0.1, -0.05) is 23.7 Å². The molecule has 5 nitrogen and oxygen atoms in total. The fourth-order valence-electron chi connectivity index (χ4n) is 2.60. The van der Waals surface area contributed by atoms with E-state index in [-0.39, 0.29) is 5.91 Å². The number of carbonyl (C=O) groups excluding carboxylic acids is 1. The standard InChI is InChI=1S/C19H18ClN3O2/c1-12-5-4-6-15(9-12)23-13(2)16(11-21-23)19(24)22-14-7-8-18(25-3)17(20)10-14/h4-11H,1-3H3,(H,22,24). The van der Waals surface area contributed by atoms with Crippen LogP contribution in [0.2, 0.25) is 5.02 Å². The molecule has 0 unspecified atom stereocenters. The number of nitrogens with zero attached hydrogens (tertiary/aromatic N) is 2. The number of hydrogen-bond donors (Lipinski definition) is 1. The van der Waals surface area contributed by atoms with Gasteiger partial charge in [0.05, 0.1) is 35.3 Å². The first-order valence-corrected chi connectivity index (χ1v) is 8.14. The minimum absolute atomic E-state index is 0.238. The quantitative estimate of drug-likeness (QED) is 0.754. The van der Waals surface area contributed by atoms with E-state index in [0.29, 0.717) is 22.0 Å². The summed E-state index contributed by atoms with van der Waals surface area (Å²) in [6.45, 7) is 3.88. The number of aromatic nitrogens is 2. The Hall–Kier alpha value is -2.79. The fourth-order valence-corrected chi connectivity index (χ4v) is 2.85. The van der Waals surface area contributed by atoms with Gasteiger partial charge in [0.15, 0.2) is 0 Å². The largest absolute Gasteiger partial charge is 0.495 e. The summed E-state index contributed by atoms with van der Waals surface area (Å²) >= 11 is 6.10. The molecule has 0 aliphatic carbocycles. The molecule has 3 rings (SSSR count). The Morgan fingerprint density at radius 3 is 2.68 bits per heavy atom. The second-order valence-electron chi connectivity index (χ2n) is 5.70. The Labute approximate surface area is 151 Å². The van der Waals surface area contributed by atoms with Crippen molar-refractivity contribution in [3.05, 3.63) is 70.5 Å². The van der Waals surface area contributed by atoms with Gasteiger partial charge >= 0.3 is 0 Å². The first-order chi connectivity index (χ1) is 12.0. The molecule has 128 valence electrons. The zero-order valence-corrected chi connectivity index (χ0v) is 15.0. The van der Waals surface area contributed by atoms with Gasteiger partial charge in [-0.25, -0.2) is 4.68 Å². The van der Waals surface area contributed by atoms with Crippen LogP contribution in [-0.4, -0.2) is 22.8 Å². The molecule has 0 saturated carbocycles. The van der Waals surface area contributed by atoms with Crippen molar-refractivity contribution in [2.75, 3.05) is 12.4 Å². The minimum atomic E-state index is -0.238. The highest BCUT2D eigenvalue weighted by atomic mass is 35.5. The number of carbonyl (C=O) groups is 1. The molecule has 1 heterocycles. The van der Waals surface area contributed by atoms with E-state index in [9.17, 15) is 4.79 Å². The predicted octanol–water partition coefficient (Wildman–Crippen LogP) is 4.40. The van der Waals surface area contributed by atoms with Gasteiger partial charge in [0, 0.05) is 5.69 Å². The average molecular weight is 356 g/mol. The Kier molecular flexibility index (Phi) is 4.76. The number of rotatable bonds is 4. The van der Waals surface area contributed by atoms with Gasteiger partial charge in [-0.3, -0.25) is 4.79 Å². The molecule has 0 bridgehead atoms. The highest BCUT2D eigenvalue weighted by molar-refractivity contribution is 6.32. The maximum Gasteiger partial charge on any atom is 0.259 e. The molecular formula is C19H18ClN3O2. The lowest BCUT2D eigenvalue weighted by Gasteiger charge is -2.09. The van der Waals surface area contributed by atoms with E-state index in [1.165, 1.54) is 0 Å². The van der Waals surface area contributed by atoms with Crippen molar-refractivity contribution in [1.29, 1.82) is 0 Å². The molecule has 0 radical (unpaired) electrons. The topological polar surface area (TPSA) is 56.1 Å². The van der Waals surface area contributed by atoms with Crippen LogP contribution in [0.3, 0.4) is 0 Å². The first kappa shape index (κ1) is 17.0. The number of methoxy groups -OCH3 is 1. The van der Waals surface area contributed by atoms with Crippen LogP contribution >= 0.6 is 11.6 Å². The summed E-state index contributed by atoms with van der Waals surface area (Å²) in [6, 6.07) is 13.1. The summed E-state index contributed by atoms with van der Waals surface area (Å²) < 4.78 is 6.87. The first-order valence-electron chi connectivity index (χ1n) is 7.76. The minimum Gasteiger partial charge on any atom is -0.495 e. The second-order valence-corrected chi connectivity index (χ2v) is 6.11. The molecule has 0 spiro atoms. The Balaban J connectivity index is 1.85. The van der Waals surface area contributed by atoms with Crippen molar-refractivity contribution in [2.24, 2.45) is 0 Å². The summed E-state index contributed by atoms with van der Waals surface area (Å²) in [7, 11) is 1.54. The maximum absolute atomic E-state index is 12.6. The summed E-state index contributed by atoms with van der Waals surface area (Å²) in [5.74, 6) is 0.320. The molecule has 6 heteroatoms. The van der Waals surface area contributed by atoms with Crippen LogP contribution in [0.1, 0.15) is 21.6 Å². The third-order valence-corrected chi connectivity index (χ3v) is 4.21. The lowest BCUT2D eigenvalue weighted by Crippen LogP contribution is -2.13. The Morgan fingerprint density at radius 2 is 2.00 bits per heavy atom.